The Balaban J connectivity index is 2.73. The molecule has 1 aromatic heterocycles. The molecule has 0 amide bonds. The molecule has 24 heavy (non-hydrogen) atoms. The zero-order chi connectivity index (χ0) is 17.7. The van der Waals surface area contributed by atoms with Gasteiger partial charge in [-0.2, -0.15) is 0 Å². The number of esters is 2. The quantitative estimate of drug-likeness (QED) is 0.593. The van der Waals surface area contributed by atoms with Crippen molar-refractivity contribution >= 4 is 29.0 Å². The largest absolute Gasteiger partial charge is 0.496 e. The molecule has 0 fully saturated rings. The molecule has 7 heteroatoms. The highest BCUT2D eigenvalue weighted by molar-refractivity contribution is 6.07. The molecule has 0 saturated heterocycles. The van der Waals surface area contributed by atoms with Crippen molar-refractivity contribution in [3.05, 3.63) is 35.1 Å². The number of fused-ring (bicyclic) bond motifs is 1. The number of methoxy groups -OCH3 is 4. The van der Waals surface area contributed by atoms with E-state index in [0.717, 1.165) is 0 Å². The van der Waals surface area contributed by atoms with Gasteiger partial charge in [0.15, 0.2) is 0 Å². The van der Waals surface area contributed by atoms with Crippen LogP contribution < -0.4 is 4.74 Å². The van der Waals surface area contributed by atoms with E-state index >= 15 is 0 Å². The first-order valence-corrected chi connectivity index (χ1v) is 7.03. The third kappa shape index (κ3) is 3.26. The van der Waals surface area contributed by atoms with Crippen LogP contribution in [0.25, 0.3) is 17.0 Å². The van der Waals surface area contributed by atoms with Crippen molar-refractivity contribution in [3.63, 3.8) is 0 Å². The van der Waals surface area contributed by atoms with E-state index in [4.69, 9.17) is 18.6 Å². The molecule has 1 aromatic carbocycles. The summed E-state index contributed by atoms with van der Waals surface area (Å²) in [7, 11) is 5.56. The molecule has 0 atom stereocenters. The van der Waals surface area contributed by atoms with Crippen LogP contribution in [0.15, 0.2) is 22.6 Å². The minimum Gasteiger partial charge on any atom is -0.496 e. The van der Waals surface area contributed by atoms with Gasteiger partial charge in [0.1, 0.15) is 29.3 Å². The summed E-state index contributed by atoms with van der Waals surface area (Å²) in [5, 5.41) is 0.541. The molecule has 2 rings (SSSR count). The molecule has 0 aliphatic heterocycles. The molecule has 0 aliphatic carbocycles. The zero-order valence-corrected chi connectivity index (χ0v) is 13.9. The molecule has 0 saturated carbocycles. The lowest BCUT2D eigenvalue weighted by Crippen LogP contribution is -2.04. The van der Waals surface area contributed by atoms with E-state index in [1.165, 1.54) is 40.6 Å². The van der Waals surface area contributed by atoms with Crippen molar-refractivity contribution in [2.75, 3.05) is 28.4 Å². The number of furan rings is 1. The molecule has 1 heterocycles. The summed E-state index contributed by atoms with van der Waals surface area (Å²) in [6.45, 7) is 0.0988. The average molecular weight is 334 g/mol. The highest BCUT2D eigenvalue weighted by Crippen LogP contribution is 2.35. The fraction of sp³-hybridized carbons (Fsp3) is 0.294. The first-order valence-electron chi connectivity index (χ1n) is 7.03. The predicted octanol–water partition coefficient (Wildman–Crippen LogP) is 2.56. The maximum Gasteiger partial charge on any atom is 0.342 e. The van der Waals surface area contributed by atoms with Crippen molar-refractivity contribution in [2.24, 2.45) is 0 Å². The van der Waals surface area contributed by atoms with Crippen LogP contribution in [0.3, 0.4) is 0 Å². The first kappa shape index (κ1) is 17.6. The van der Waals surface area contributed by atoms with Gasteiger partial charge in [-0.05, 0) is 18.2 Å². The Labute approximate surface area is 138 Å². The van der Waals surface area contributed by atoms with Crippen LogP contribution in [-0.4, -0.2) is 40.4 Å². The van der Waals surface area contributed by atoms with Crippen LogP contribution in [0.2, 0.25) is 0 Å². The summed E-state index contributed by atoms with van der Waals surface area (Å²) in [6, 6.07) is 3.37. The third-order valence-electron chi connectivity index (χ3n) is 3.40. The summed E-state index contributed by atoms with van der Waals surface area (Å²) in [4.78, 5) is 23.5. The molecule has 0 bridgehead atoms. The van der Waals surface area contributed by atoms with Crippen molar-refractivity contribution in [1.29, 1.82) is 0 Å². The summed E-state index contributed by atoms with van der Waals surface area (Å²) < 4.78 is 25.6. The van der Waals surface area contributed by atoms with Crippen molar-refractivity contribution in [3.8, 4) is 5.75 Å². The van der Waals surface area contributed by atoms with Crippen molar-refractivity contribution < 1.29 is 33.0 Å². The maximum absolute atomic E-state index is 12.1. The van der Waals surface area contributed by atoms with Gasteiger partial charge in [-0.15, -0.1) is 0 Å². The topological polar surface area (TPSA) is 84.2 Å². The Morgan fingerprint density at radius 3 is 2.46 bits per heavy atom. The zero-order valence-electron chi connectivity index (χ0n) is 13.9. The molecule has 0 unspecified atom stereocenters. The molecule has 128 valence electrons. The Hall–Kier alpha value is -2.80. The first-order chi connectivity index (χ1) is 11.6. The molecule has 7 nitrogen and oxygen atoms in total. The molecule has 0 spiro atoms. The molecular weight excluding hydrogens is 316 g/mol. The second kappa shape index (κ2) is 7.65. The van der Waals surface area contributed by atoms with Crippen LogP contribution in [-0.2, 0) is 25.6 Å². The van der Waals surface area contributed by atoms with Gasteiger partial charge >= 0.3 is 11.9 Å². The standard InChI is InChI=1S/C17H18O7/c1-20-9-13-15(17(19)23-4)11-5-7-12(21-2)10(16(11)24-13)6-8-14(18)22-3/h5-8H,9H2,1-4H3. The van der Waals surface area contributed by atoms with E-state index in [9.17, 15) is 9.59 Å². The van der Waals surface area contributed by atoms with Crippen LogP contribution in [0.4, 0.5) is 0 Å². The smallest absolute Gasteiger partial charge is 0.342 e. The molecule has 0 radical (unpaired) electrons. The van der Waals surface area contributed by atoms with Gasteiger partial charge in [-0.1, -0.05) is 0 Å². The van der Waals surface area contributed by atoms with Crippen LogP contribution in [0, 0.1) is 0 Å². The number of benzene rings is 1. The number of rotatable bonds is 6. The van der Waals surface area contributed by atoms with Crippen LogP contribution in [0.5, 0.6) is 5.75 Å². The number of ether oxygens (including phenoxy) is 4. The number of hydrogen-bond donors (Lipinski definition) is 0. The van der Waals surface area contributed by atoms with E-state index in [0.29, 0.717) is 28.0 Å². The number of carbonyl (C=O) groups excluding carboxylic acids is 2. The van der Waals surface area contributed by atoms with Gasteiger partial charge < -0.3 is 23.4 Å². The maximum atomic E-state index is 12.1. The van der Waals surface area contributed by atoms with Crippen LogP contribution >= 0.6 is 0 Å². The predicted molar refractivity (Wildman–Crippen MR) is 85.9 cm³/mol. The van der Waals surface area contributed by atoms with Gasteiger partial charge in [-0.25, -0.2) is 9.59 Å². The van der Waals surface area contributed by atoms with Crippen LogP contribution in [0.1, 0.15) is 21.7 Å². The lowest BCUT2D eigenvalue weighted by Gasteiger charge is -2.05. The lowest BCUT2D eigenvalue weighted by molar-refractivity contribution is -0.134. The van der Waals surface area contributed by atoms with Gasteiger partial charge in [0, 0.05) is 18.6 Å². The Bertz CT molecular complexity index is 786. The monoisotopic (exact) mass is 334 g/mol. The van der Waals surface area contributed by atoms with Gasteiger partial charge in [0.05, 0.1) is 26.9 Å². The minimum absolute atomic E-state index is 0.0988. The second-order valence-corrected chi connectivity index (χ2v) is 4.74. The average Bonchev–Trinajstić information content (AvgIpc) is 2.97. The van der Waals surface area contributed by atoms with E-state index in [1.54, 1.807) is 12.1 Å². The van der Waals surface area contributed by atoms with E-state index in [1.807, 2.05) is 0 Å². The van der Waals surface area contributed by atoms with Gasteiger partial charge in [0.2, 0.25) is 0 Å². The molecular formula is C17H18O7. The SMILES string of the molecule is COCc1oc2c(C=CC(=O)OC)c(OC)ccc2c1C(=O)OC. The molecule has 0 N–H and O–H groups in total. The highest BCUT2D eigenvalue weighted by Gasteiger charge is 2.24. The van der Waals surface area contributed by atoms with E-state index < -0.39 is 11.9 Å². The number of carbonyl (C=O) groups is 2. The minimum atomic E-state index is -0.533. The molecule has 0 aliphatic rings. The van der Waals surface area contributed by atoms with Gasteiger partial charge in [-0.3, -0.25) is 0 Å². The lowest BCUT2D eigenvalue weighted by atomic mass is 10.1. The summed E-state index contributed by atoms with van der Waals surface area (Å²) >= 11 is 0. The highest BCUT2D eigenvalue weighted by atomic mass is 16.5. The molecule has 2 aromatic rings. The fourth-order valence-electron chi connectivity index (χ4n) is 2.33. The normalized spacial score (nSPS) is 11.0. The summed E-state index contributed by atoms with van der Waals surface area (Å²) in [5.74, 6) is -0.239. The second-order valence-electron chi connectivity index (χ2n) is 4.74. The third-order valence-corrected chi connectivity index (χ3v) is 3.40. The Morgan fingerprint density at radius 2 is 1.88 bits per heavy atom. The summed E-state index contributed by atoms with van der Waals surface area (Å²) in [6.07, 6.45) is 2.75. The summed E-state index contributed by atoms with van der Waals surface area (Å²) in [5.41, 5.74) is 1.18. The Kier molecular flexibility index (Phi) is 5.59. The van der Waals surface area contributed by atoms with Crippen molar-refractivity contribution in [2.45, 2.75) is 6.61 Å². The Morgan fingerprint density at radius 1 is 1.12 bits per heavy atom. The van der Waals surface area contributed by atoms with Crippen molar-refractivity contribution in [1.82, 2.24) is 0 Å². The fourth-order valence-corrected chi connectivity index (χ4v) is 2.33. The van der Waals surface area contributed by atoms with Gasteiger partial charge in [0.25, 0.3) is 0 Å². The van der Waals surface area contributed by atoms with E-state index in [2.05, 4.69) is 4.74 Å². The van der Waals surface area contributed by atoms with E-state index in [-0.39, 0.29) is 12.2 Å². The number of hydrogen-bond acceptors (Lipinski definition) is 7.